The fourth-order valence-corrected chi connectivity index (χ4v) is 2.36. The molecule has 2 aromatic carbocycles. The lowest BCUT2D eigenvalue weighted by molar-refractivity contribution is 0.486. The lowest BCUT2D eigenvalue weighted by Gasteiger charge is -2.06. The summed E-state index contributed by atoms with van der Waals surface area (Å²) in [6, 6.07) is 13.8. The van der Waals surface area contributed by atoms with Crippen LogP contribution in [0.15, 0.2) is 59.5 Å². The minimum absolute atomic E-state index is 0.0857. The van der Waals surface area contributed by atoms with Crippen molar-refractivity contribution in [3.05, 3.63) is 59.7 Å². The molecule has 0 amide bonds. The van der Waals surface area contributed by atoms with Gasteiger partial charge in [0, 0.05) is 0 Å². The summed E-state index contributed by atoms with van der Waals surface area (Å²) in [5.74, 6) is 0.173. The molecule has 7 heteroatoms. The molecule has 19 heavy (non-hydrogen) atoms. The molecule has 1 N–H and O–H groups in total. The Kier molecular flexibility index (Phi) is 3.63. The van der Waals surface area contributed by atoms with E-state index in [2.05, 4.69) is 10.5 Å². The monoisotopic (exact) mass is 276 g/mol. The Bertz CT molecular complexity index is 691. The molecule has 0 saturated heterocycles. The molecule has 0 saturated carbocycles. The van der Waals surface area contributed by atoms with Gasteiger partial charge in [-0.15, -0.1) is 0 Å². The lowest BCUT2D eigenvalue weighted by atomic mass is 10.3. The van der Waals surface area contributed by atoms with Crippen LogP contribution in [-0.2, 0) is 10.1 Å². The zero-order valence-electron chi connectivity index (χ0n) is 9.72. The van der Waals surface area contributed by atoms with E-state index in [0.717, 1.165) is 0 Å². The quantitative estimate of drug-likeness (QED) is 0.527. The third kappa shape index (κ3) is 3.20. The first-order chi connectivity index (χ1) is 9.12. The number of nitrogens with zero attached hydrogens (tertiary/aromatic N) is 2. The highest BCUT2D eigenvalue weighted by molar-refractivity contribution is 7.87. The largest absolute Gasteiger partial charge is 0.379 e. The molecule has 0 heterocycles. The standard InChI is InChI=1S/C12H10N3O3S/c13-15-14-10-6-8-11(9-7-10)18-19(16,17)12-4-2-1-3-5-12/h1-9,14H/q+1. The number of anilines is 1. The third-order valence-electron chi connectivity index (χ3n) is 2.27. The number of nitrogens with one attached hydrogen (secondary N) is 1. The molecule has 2 aromatic rings. The summed E-state index contributed by atoms with van der Waals surface area (Å²) in [5.41, 5.74) is 2.81. The molecule has 96 valence electrons. The maximum absolute atomic E-state index is 11.9. The first-order valence-electron chi connectivity index (χ1n) is 5.31. The van der Waals surface area contributed by atoms with Crippen molar-refractivity contribution in [2.45, 2.75) is 4.90 Å². The highest BCUT2D eigenvalue weighted by Gasteiger charge is 2.15. The SMILES string of the molecule is N#[N+]Nc1ccc(OS(=O)(=O)c2ccccc2)cc1. The summed E-state index contributed by atoms with van der Waals surface area (Å²) in [4.78, 5) is 0.0857. The van der Waals surface area contributed by atoms with Crippen LogP contribution in [0.5, 0.6) is 5.75 Å². The molecule has 0 bridgehead atoms. The first kappa shape index (κ1) is 12.9. The molecule has 0 aliphatic rings. The van der Waals surface area contributed by atoms with E-state index in [4.69, 9.17) is 9.58 Å². The van der Waals surface area contributed by atoms with Crippen LogP contribution >= 0.6 is 0 Å². The van der Waals surface area contributed by atoms with Gasteiger partial charge in [-0.05, 0) is 41.8 Å². The predicted octanol–water partition coefficient (Wildman–Crippen LogP) is 2.63. The molecular weight excluding hydrogens is 266 g/mol. The first-order valence-corrected chi connectivity index (χ1v) is 6.72. The number of rotatable bonds is 4. The normalized spacial score (nSPS) is 10.5. The number of benzene rings is 2. The van der Waals surface area contributed by atoms with Crippen molar-refractivity contribution in [2.24, 2.45) is 0 Å². The van der Waals surface area contributed by atoms with Gasteiger partial charge in [0.2, 0.25) is 0 Å². The maximum Gasteiger partial charge on any atom is 0.339 e. The molecule has 0 unspecified atom stereocenters. The Morgan fingerprint density at radius 3 is 2.21 bits per heavy atom. The van der Waals surface area contributed by atoms with Gasteiger partial charge in [0.25, 0.3) is 5.39 Å². The van der Waals surface area contributed by atoms with E-state index in [-0.39, 0.29) is 10.6 Å². The van der Waals surface area contributed by atoms with Crippen LogP contribution in [0.4, 0.5) is 5.69 Å². The number of hydrogen-bond donors (Lipinski definition) is 1. The average Bonchev–Trinajstić information content (AvgIpc) is 2.42. The highest BCUT2D eigenvalue weighted by Crippen LogP contribution is 2.20. The van der Waals surface area contributed by atoms with Gasteiger partial charge in [0.05, 0.1) is 0 Å². The average molecular weight is 276 g/mol. The minimum Gasteiger partial charge on any atom is -0.379 e. The summed E-state index contributed by atoms with van der Waals surface area (Å²) >= 11 is 0. The zero-order chi connectivity index (χ0) is 13.7. The van der Waals surface area contributed by atoms with Crippen LogP contribution in [0.3, 0.4) is 0 Å². The van der Waals surface area contributed by atoms with E-state index in [1.54, 1.807) is 18.2 Å². The molecule has 0 fully saturated rings. The molecule has 2 rings (SSSR count). The second kappa shape index (κ2) is 5.37. The second-order valence-corrected chi connectivity index (χ2v) is 5.13. The van der Waals surface area contributed by atoms with Crippen molar-refractivity contribution in [3.63, 3.8) is 0 Å². The van der Waals surface area contributed by atoms with Crippen LogP contribution in [0.1, 0.15) is 0 Å². The lowest BCUT2D eigenvalue weighted by Crippen LogP contribution is -2.09. The minimum atomic E-state index is -3.83. The highest BCUT2D eigenvalue weighted by atomic mass is 32.2. The van der Waals surface area contributed by atoms with Crippen molar-refractivity contribution < 1.29 is 12.6 Å². The van der Waals surface area contributed by atoms with Crippen LogP contribution < -0.4 is 9.61 Å². The van der Waals surface area contributed by atoms with Gasteiger partial charge in [-0.3, -0.25) is 0 Å². The number of diazo groups is 1. The van der Waals surface area contributed by atoms with E-state index in [1.807, 2.05) is 0 Å². The van der Waals surface area contributed by atoms with Gasteiger partial charge in [-0.1, -0.05) is 18.2 Å². The zero-order valence-corrected chi connectivity index (χ0v) is 10.5. The maximum atomic E-state index is 11.9. The van der Waals surface area contributed by atoms with Crippen LogP contribution in [0, 0.1) is 5.39 Å². The number of hydrogen-bond acceptors (Lipinski definition) is 5. The fraction of sp³-hybridized carbons (Fsp3) is 0. The summed E-state index contributed by atoms with van der Waals surface area (Å²) in [6.45, 7) is 0. The van der Waals surface area contributed by atoms with Crippen molar-refractivity contribution in [1.29, 1.82) is 5.39 Å². The summed E-state index contributed by atoms with van der Waals surface area (Å²) < 4.78 is 28.8. The summed E-state index contributed by atoms with van der Waals surface area (Å²) in [6.07, 6.45) is 0. The van der Waals surface area contributed by atoms with Crippen LogP contribution in [-0.4, -0.2) is 8.42 Å². The third-order valence-corrected chi connectivity index (χ3v) is 3.53. The van der Waals surface area contributed by atoms with Gasteiger partial charge in [-0.25, -0.2) is 0 Å². The Morgan fingerprint density at radius 1 is 1.00 bits per heavy atom. The Labute approximate surface area is 110 Å². The fourth-order valence-electron chi connectivity index (χ4n) is 1.40. The van der Waals surface area contributed by atoms with Crippen molar-refractivity contribution in [3.8, 4) is 5.75 Å². The Hall–Kier alpha value is -2.59. The van der Waals surface area contributed by atoms with Crippen molar-refractivity contribution in [1.82, 2.24) is 0 Å². The predicted molar refractivity (Wildman–Crippen MR) is 69.4 cm³/mol. The van der Waals surface area contributed by atoms with E-state index >= 15 is 0 Å². The van der Waals surface area contributed by atoms with Gasteiger partial charge >= 0.3 is 15.2 Å². The molecule has 0 aliphatic carbocycles. The van der Waals surface area contributed by atoms with Gasteiger partial charge in [-0.2, -0.15) is 8.42 Å². The smallest absolute Gasteiger partial charge is 0.339 e. The van der Waals surface area contributed by atoms with Crippen LogP contribution in [0.25, 0.3) is 5.08 Å². The van der Waals surface area contributed by atoms with E-state index in [9.17, 15) is 8.42 Å². The molecule has 0 aliphatic heterocycles. The molecular formula is C12H10N3O3S+. The molecule has 0 radical (unpaired) electrons. The Morgan fingerprint density at radius 2 is 1.63 bits per heavy atom. The molecule has 0 aromatic heterocycles. The van der Waals surface area contributed by atoms with E-state index in [0.29, 0.717) is 5.69 Å². The topological polar surface area (TPSA) is 83.5 Å². The second-order valence-electron chi connectivity index (χ2n) is 3.59. The van der Waals surface area contributed by atoms with Gasteiger partial charge in [0.15, 0.2) is 0 Å². The van der Waals surface area contributed by atoms with Gasteiger partial charge in [0.1, 0.15) is 16.3 Å². The van der Waals surface area contributed by atoms with E-state index < -0.39 is 10.1 Å². The molecule has 0 spiro atoms. The van der Waals surface area contributed by atoms with Crippen molar-refractivity contribution in [2.75, 3.05) is 5.43 Å². The van der Waals surface area contributed by atoms with E-state index in [1.165, 1.54) is 36.4 Å². The molecule has 6 nitrogen and oxygen atoms in total. The molecule has 0 atom stereocenters. The Balaban J connectivity index is 2.19. The van der Waals surface area contributed by atoms with Crippen molar-refractivity contribution >= 4 is 15.8 Å². The summed E-state index contributed by atoms with van der Waals surface area (Å²) in [7, 11) is -3.83. The van der Waals surface area contributed by atoms with Crippen LogP contribution in [0.2, 0.25) is 0 Å². The summed E-state index contributed by atoms with van der Waals surface area (Å²) in [5, 5.41) is 11.1. The van der Waals surface area contributed by atoms with Gasteiger partial charge < -0.3 is 4.18 Å².